The standard InChI is InChI=1S/C8H5BrFNO5/c1-16-8(13)5-6(10)4(11(14)15)2-3(9)7(5)12/h2,12H,1H3. The van der Waals surface area contributed by atoms with Gasteiger partial charge in [-0.3, -0.25) is 10.1 Å². The topological polar surface area (TPSA) is 89.7 Å². The van der Waals surface area contributed by atoms with E-state index in [-0.39, 0.29) is 4.47 Å². The number of ether oxygens (including phenoxy) is 1. The van der Waals surface area contributed by atoms with Crippen molar-refractivity contribution in [3.63, 3.8) is 0 Å². The maximum absolute atomic E-state index is 13.5. The van der Waals surface area contributed by atoms with Gasteiger partial charge < -0.3 is 9.84 Å². The van der Waals surface area contributed by atoms with Gasteiger partial charge in [0.1, 0.15) is 11.3 Å². The minimum atomic E-state index is -1.43. The molecule has 0 aliphatic carbocycles. The summed E-state index contributed by atoms with van der Waals surface area (Å²) in [5.74, 6) is -3.37. The average molecular weight is 294 g/mol. The number of nitro benzene ring substituents is 1. The van der Waals surface area contributed by atoms with Crippen LogP contribution in [0.3, 0.4) is 0 Å². The van der Waals surface area contributed by atoms with Crippen LogP contribution in [-0.2, 0) is 4.74 Å². The largest absolute Gasteiger partial charge is 0.506 e. The number of carbonyl (C=O) groups is 1. The number of methoxy groups -OCH3 is 1. The first-order valence-corrected chi connectivity index (χ1v) is 4.63. The number of hydrogen-bond acceptors (Lipinski definition) is 5. The third-order valence-electron chi connectivity index (χ3n) is 1.76. The highest BCUT2D eigenvalue weighted by atomic mass is 79.9. The van der Waals surface area contributed by atoms with Crippen molar-refractivity contribution in [1.82, 2.24) is 0 Å². The highest BCUT2D eigenvalue weighted by Crippen LogP contribution is 2.35. The van der Waals surface area contributed by atoms with E-state index in [1.54, 1.807) is 0 Å². The Morgan fingerprint density at radius 2 is 2.25 bits per heavy atom. The zero-order chi connectivity index (χ0) is 12.5. The molecule has 0 unspecified atom stereocenters. The normalized spacial score (nSPS) is 9.94. The smallest absolute Gasteiger partial charge is 0.344 e. The van der Waals surface area contributed by atoms with Crippen molar-refractivity contribution in [2.75, 3.05) is 7.11 Å². The third kappa shape index (κ3) is 1.96. The van der Waals surface area contributed by atoms with Crippen molar-refractivity contribution in [2.24, 2.45) is 0 Å². The van der Waals surface area contributed by atoms with Crippen LogP contribution < -0.4 is 0 Å². The van der Waals surface area contributed by atoms with Crippen molar-refractivity contribution in [2.45, 2.75) is 0 Å². The van der Waals surface area contributed by atoms with Gasteiger partial charge in [0.25, 0.3) is 0 Å². The molecule has 0 saturated carbocycles. The quantitative estimate of drug-likeness (QED) is 0.512. The van der Waals surface area contributed by atoms with E-state index in [4.69, 9.17) is 0 Å². The Labute approximate surface area is 96.9 Å². The summed E-state index contributed by atoms with van der Waals surface area (Å²) in [6, 6.07) is 0.761. The Bertz CT molecular complexity index is 476. The molecule has 16 heavy (non-hydrogen) atoms. The van der Waals surface area contributed by atoms with Crippen molar-refractivity contribution < 1.29 is 24.0 Å². The number of phenols is 1. The first kappa shape index (κ1) is 12.4. The molecule has 0 aliphatic rings. The lowest BCUT2D eigenvalue weighted by Crippen LogP contribution is -2.07. The van der Waals surface area contributed by atoms with Crippen LogP contribution in [0.2, 0.25) is 0 Å². The molecule has 0 bridgehead atoms. The van der Waals surface area contributed by atoms with Gasteiger partial charge in [0, 0.05) is 6.07 Å². The zero-order valence-corrected chi connectivity index (χ0v) is 9.45. The lowest BCUT2D eigenvalue weighted by molar-refractivity contribution is -0.387. The Kier molecular flexibility index (Phi) is 3.43. The molecule has 0 atom stereocenters. The summed E-state index contributed by atoms with van der Waals surface area (Å²) in [4.78, 5) is 20.6. The van der Waals surface area contributed by atoms with Crippen molar-refractivity contribution >= 4 is 27.6 Å². The van der Waals surface area contributed by atoms with Crippen molar-refractivity contribution in [3.05, 3.63) is 32.0 Å². The molecule has 0 fully saturated rings. The molecule has 1 N–H and O–H groups in total. The number of nitrogens with zero attached hydrogens (tertiary/aromatic N) is 1. The van der Waals surface area contributed by atoms with E-state index in [1.807, 2.05) is 0 Å². The number of aromatic hydroxyl groups is 1. The molecule has 6 nitrogen and oxygen atoms in total. The van der Waals surface area contributed by atoms with E-state index in [2.05, 4.69) is 20.7 Å². The van der Waals surface area contributed by atoms with Gasteiger partial charge in [0.05, 0.1) is 16.5 Å². The van der Waals surface area contributed by atoms with Crippen LogP contribution in [0.5, 0.6) is 5.75 Å². The Hall–Kier alpha value is -1.70. The molecule has 0 spiro atoms. The lowest BCUT2D eigenvalue weighted by Gasteiger charge is -2.06. The van der Waals surface area contributed by atoms with Gasteiger partial charge in [-0.15, -0.1) is 0 Å². The van der Waals surface area contributed by atoms with Crippen LogP contribution in [0.25, 0.3) is 0 Å². The number of hydrogen-bond donors (Lipinski definition) is 1. The minimum Gasteiger partial charge on any atom is -0.506 e. The van der Waals surface area contributed by atoms with Crippen LogP contribution in [0, 0.1) is 15.9 Å². The maximum Gasteiger partial charge on any atom is 0.344 e. The number of halogens is 2. The fourth-order valence-corrected chi connectivity index (χ4v) is 1.44. The summed E-state index contributed by atoms with van der Waals surface area (Å²) in [6.45, 7) is 0. The van der Waals surface area contributed by atoms with Gasteiger partial charge in [-0.25, -0.2) is 4.79 Å². The second kappa shape index (κ2) is 4.44. The summed E-state index contributed by atoms with van der Waals surface area (Å²) >= 11 is 2.77. The zero-order valence-electron chi connectivity index (χ0n) is 7.86. The number of benzene rings is 1. The molecule has 1 rings (SSSR count). The molecule has 0 radical (unpaired) electrons. The van der Waals surface area contributed by atoms with Gasteiger partial charge in [0.15, 0.2) is 0 Å². The average Bonchev–Trinajstić information content (AvgIpc) is 2.22. The number of nitro groups is 1. The Morgan fingerprint density at radius 3 is 2.69 bits per heavy atom. The van der Waals surface area contributed by atoms with E-state index < -0.39 is 33.7 Å². The Balaban J connectivity index is 3.58. The summed E-state index contributed by atoms with van der Waals surface area (Å²) in [5, 5.41) is 19.8. The molecule has 8 heteroatoms. The second-order valence-corrected chi connectivity index (χ2v) is 3.52. The van der Waals surface area contributed by atoms with Crippen molar-refractivity contribution in [1.29, 1.82) is 0 Å². The fourth-order valence-electron chi connectivity index (χ4n) is 1.02. The lowest BCUT2D eigenvalue weighted by atomic mass is 10.1. The van der Waals surface area contributed by atoms with Crippen LogP contribution in [-0.4, -0.2) is 23.1 Å². The third-order valence-corrected chi connectivity index (χ3v) is 2.36. The first-order chi connectivity index (χ1) is 7.40. The summed E-state index contributed by atoms with van der Waals surface area (Å²) in [6.07, 6.45) is 0. The van der Waals surface area contributed by atoms with E-state index in [1.165, 1.54) is 0 Å². The van der Waals surface area contributed by atoms with Gasteiger partial charge in [-0.1, -0.05) is 0 Å². The summed E-state index contributed by atoms with van der Waals surface area (Å²) in [5.41, 5.74) is -1.80. The SMILES string of the molecule is COC(=O)c1c(O)c(Br)cc([N+](=O)[O-])c1F. The molecule has 0 heterocycles. The molecule has 0 aromatic heterocycles. The number of carbonyl (C=O) groups excluding carboxylic acids is 1. The fraction of sp³-hybridized carbons (Fsp3) is 0.125. The highest BCUT2D eigenvalue weighted by Gasteiger charge is 2.28. The highest BCUT2D eigenvalue weighted by molar-refractivity contribution is 9.10. The first-order valence-electron chi connectivity index (χ1n) is 3.83. The van der Waals surface area contributed by atoms with E-state index >= 15 is 0 Å². The van der Waals surface area contributed by atoms with Crippen LogP contribution in [0.4, 0.5) is 10.1 Å². The van der Waals surface area contributed by atoms with Crippen molar-refractivity contribution in [3.8, 4) is 5.75 Å². The van der Waals surface area contributed by atoms with E-state index in [0.717, 1.165) is 13.2 Å². The summed E-state index contributed by atoms with van der Waals surface area (Å²) in [7, 11) is 0.966. The van der Waals surface area contributed by atoms with Crippen LogP contribution in [0.1, 0.15) is 10.4 Å². The Morgan fingerprint density at radius 1 is 1.69 bits per heavy atom. The number of phenolic OH excluding ortho intramolecular Hbond substituents is 1. The second-order valence-electron chi connectivity index (χ2n) is 2.66. The van der Waals surface area contributed by atoms with Crippen LogP contribution >= 0.6 is 15.9 Å². The molecule has 1 aromatic carbocycles. The minimum absolute atomic E-state index is 0.166. The predicted octanol–water partition coefficient (Wildman–Crippen LogP) is 1.99. The van der Waals surface area contributed by atoms with Gasteiger partial charge in [0.2, 0.25) is 5.82 Å². The molecule has 86 valence electrons. The summed E-state index contributed by atoms with van der Waals surface area (Å²) < 4.78 is 17.5. The van der Waals surface area contributed by atoms with Gasteiger partial charge in [-0.05, 0) is 15.9 Å². The monoisotopic (exact) mass is 293 g/mol. The molecular weight excluding hydrogens is 289 g/mol. The van der Waals surface area contributed by atoms with Gasteiger partial charge >= 0.3 is 11.7 Å². The molecule has 0 saturated heterocycles. The molecule has 1 aromatic rings. The van der Waals surface area contributed by atoms with E-state index in [0.29, 0.717) is 0 Å². The van der Waals surface area contributed by atoms with Gasteiger partial charge in [-0.2, -0.15) is 4.39 Å². The maximum atomic E-state index is 13.5. The predicted molar refractivity (Wildman–Crippen MR) is 53.8 cm³/mol. The van der Waals surface area contributed by atoms with E-state index in [9.17, 15) is 24.4 Å². The molecular formula is C8H5BrFNO5. The molecule has 0 amide bonds. The number of rotatable bonds is 2. The van der Waals surface area contributed by atoms with Crippen LogP contribution in [0.15, 0.2) is 10.5 Å². The molecule has 0 aliphatic heterocycles. The number of esters is 1.